The maximum absolute atomic E-state index is 13.2. The molecule has 1 aliphatic carbocycles. The van der Waals surface area contributed by atoms with Crippen LogP contribution in [0.5, 0.6) is 0 Å². The highest BCUT2D eigenvalue weighted by Gasteiger charge is 2.38. The van der Waals surface area contributed by atoms with E-state index in [0.717, 1.165) is 12.5 Å². The summed E-state index contributed by atoms with van der Waals surface area (Å²) in [7, 11) is 0. The highest BCUT2D eigenvalue weighted by molar-refractivity contribution is 5.84. The van der Waals surface area contributed by atoms with E-state index in [4.69, 9.17) is 9.84 Å². The van der Waals surface area contributed by atoms with Crippen molar-refractivity contribution in [2.45, 2.75) is 38.3 Å². The smallest absolute Gasteiger partial charge is 0.416 e. The Balaban J connectivity index is 2.36. The van der Waals surface area contributed by atoms with E-state index in [2.05, 4.69) is 0 Å². The van der Waals surface area contributed by atoms with Gasteiger partial charge in [-0.2, -0.15) is 13.2 Å². The molecule has 1 saturated carbocycles. The van der Waals surface area contributed by atoms with E-state index in [9.17, 15) is 18.0 Å². The molecule has 0 bridgehead atoms. The van der Waals surface area contributed by atoms with E-state index in [1.807, 2.05) is 0 Å². The molecule has 1 N–H and O–H groups in total. The molecule has 0 amide bonds. The summed E-state index contributed by atoms with van der Waals surface area (Å²) >= 11 is 0. The summed E-state index contributed by atoms with van der Waals surface area (Å²) in [6.45, 7) is 1.87. The van der Waals surface area contributed by atoms with Crippen LogP contribution in [0.4, 0.5) is 13.2 Å². The number of halogens is 3. The number of rotatable bonds is 5. The van der Waals surface area contributed by atoms with E-state index in [-0.39, 0.29) is 29.8 Å². The van der Waals surface area contributed by atoms with Crippen molar-refractivity contribution in [2.75, 3.05) is 6.61 Å². The second kappa shape index (κ2) is 7.06. The normalized spacial score (nSPS) is 22.2. The molecule has 1 aromatic rings. The van der Waals surface area contributed by atoms with E-state index in [0.29, 0.717) is 12.8 Å². The first-order chi connectivity index (χ1) is 10.8. The zero-order chi connectivity index (χ0) is 17.0. The molecule has 0 radical (unpaired) electrons. The standard InChI is InChI=1S/C17H19F3O3/c1-2-23-15(16(21)22)10-11-6-5-8-12(11)13-7-3-4-9-14(13)17(18,19)20/h3-4,7,9-12H,2,5-6,8H2,1H3,(H,21,22)/b15-10+. The molecule has 2 unspecified atom stereocenters. The van der Waals surface area contributed by atoms with Crippen molar-refractivity contribution in [1.29, 1.82) is 0 Å². The SMILES string of the molecule is CCO/C(=C/C1CCCC1c1ccccc1C(F)(F)F)C(=O)O. The van der Waals surface area contributed by atoms with Crippen LogP contribution in [0.25, 0.3) is 0 Å². The molecule has 2 rings (SSSR count). The van der Waals surface area contributed by atoms with Gasteiger partial charge >= 0.3 is 12.1 Å². The minimum absolute atomic E-state index is 0.186. The van der Waals surface area contributed by atoms with Gasteiger partial charge in [0.1, 0.15) is 0 Å². The van der Waals surface area contributed by atoms with E-state index >= 15 is 0 Å². The molecule has 1 aliphatic rings. The Hall–Kier alpha value is -1.98. The number of benzene rings is 1. The first-order valence-electron chi connectivity index (χ1n) is 7.58. The summed E-state index contributed by atoms with van der Waals surface area (Å²) in [4.78, 5) is 11.2. The molecule has 126 valence electrons. The fraction of sp³-hybridized carbons (Fsp3) is 0.471. The molecule has 0 saturated heterocycles. The van der Waals surface area contributed by atoms with Crippen molar-refractivity contribution in [3.8, 4) is 0 Å². The van der Waals surface area contributed by atoms with Gasteiger partial charge in [0, 0.05) is 0 Å². The van der Waals surface area contributed by atoms with Gasteiger partial charge in [-0.05, 0) is 49.3 Å². The van der Waals surface area contributed by atoms with Crippen LogP contribution in [-0.2, 0) is 15.7 Å². The number of carbonyl (C=O) groups is 1. The van der Waals surface area contributed by atoms with Gasteiger partial charge in [0.25, 0.3) is 0 Å². The fourth-order valence-electron chi connectivity index (χ4n) is 3.18. The fourth-order valence-corrected chi connectivity index (χ4v) is 3.18. The van der Waals surface area contributed by atoms with Crippen molar-refractivity contribution in [1.82, 2.24) is 0 Å². The zero-order valence-electron chi connectivity index (χ0n) is 12.8. The summed E-state index contributed by atoms with van der Waals surface area (Å²) in [5, 5.41) is 9.13. The van der Waals surface area contributed by atoms with Gasteiger partial charge in [-0.25, -0.2) is 4.79 Å². The monoisotopic (exact) mass is 328 g/mol. The highest BCUT2D eigenvalue weighted by Crippen LogP contribution is 2.45. The lowest BCUT2D eigenvalue weighted by Crippen LogP contribution is -2.15. The summed E-state index contributed by atoms with van der Waals surface area (Å²) < 4.78 is 44.7. The molecule has 0 spiro atoms. The van der Waals surface area contributed by atoms with Crippen molar-refractivity contribution >= 4 is 5.97 Å². The van der Waals surface area contributed by atoms with E-state index in [1.54, 1.807) is 13.0 Å². The van der Waals surface area contributed by atoms with Crippen LogP contribution < -0.4 is 0 Å². The van der Waals surface area contributed by atoms with Gasteiger partial charge in [0.15, 0.2) is 0 Å². The minimum Gasteiger partial charge on any atom is -0.487 e. The predicted molar refractivity (Wildman–Crippen MR) is 78.9 cm³/mol. The number of carboxylic acids is 1. The van der Waals surface area contributed by atoms with Gasteiger partial charge in [-0.1, -0.05) is 24.6 Å². The lowest BCUT2D eigenvalue weighted by atomic mass is 9.85. The molecule has 1 fully saturated rings. The number of allylic oxidation sites excluding steroid dienone is 1. The van der Waals surface area contributed by atoms with Gasteiger partial charge in [0.05, 0.1) is 12.2 Å². The number of aliphatic carboxylic acids is 1. The van der Waals surface area contributed by atoms with Crippen molar-refractivity contribution < 1.29 is 27.8 Å². The molecule has 0 aliphatic heterocycles. The van der Waals surface area contributed by atoms with Gasteiger partial charge in [0.2, 0.25) is 5.76 Å². The number of alkyl halides is 3. The highest BCUT2D eigenvalue weighted by atomic mass is 19.4. The second-order valence-corrected chi connectivity index (χ2v) is 5.56. The van der Waals surface area contributed by atoms with Crippen LogP contribution in [0.2, 0.25) is 0 Å². The molecule has 0 aromatic heterocycles. The predicted octanol–water partition coefficient (Wildman–Crippen LogP) is 4.59. The summed E-state index contributed by atoms with van der Waals surface area (Å²) in [6.07, 6.45) is -0.926. The Morgan fingerprint density at radius 1 is 1.35 bits per heavy atom. The Kier molecular flexibility index (Phi) is 5.34. The summed E-state index contributed by atoms with van der Waals surface area (Å²) in [5.74, 6) is -1.99. The molecular formula is C17H19F3O3. The minimum atomic E-state index is -4.41. The van der Waals surface area contributed by atoms with Crippen LogP contribution in [0, 0.1) is 5.92 Å². The summed E-state index contributed by atoms with van der Waals surface area (Å²) in [5.41, 5.74) is -0.404. The van der Waals surface area contributed by atoms with Gasteiger partial charge in [-0.15, -0.1) is 0 Å². The summed E-state index contributed by atoms with van der Waals surface area (Å²) in [6, 6.07) is 5.52. The van der Waals surface area contributed by atoms with Crippen LogP contribution in [0.3, 0.4) is 0 Å². The Morgan fingerprint density at radius 2 is 2.04 bits per heavy atom. The molecule has 6 heteroatoms. The average molecular weight is 328 g/mol. The van der Waals surface area contributed by atoms with Crippen LogP contribution >= 0.6 is 0 Å². The Bertz CT molecular complexity index is 593. The number of carboxylic acid groups (broad SMARTS) is 1. The Morgan fingerprint density at radius 3 is 2.65 bits per heavy atom. The molecule has 1 aromatic carbocycles. The lowest BCUT2D eigenvalue weighted by Gasteiger charge is -2.22. The third-order valence-corrected chi connectivity index (χ3v) is 4.11. The molecule has 23 heavy (non-hydrogen) atoms. The van der Waals surface area contributed by atoms with E-state index < -0.39 is 17.7 Å². The van der Waals surface area contributed by atoms with Crippen LogP contribution in [0.1, 0.15) is 43.2 Å². The zero-order valence-corrected chi connectivity index (χ0v) is 12.8. The van der Waals surface area contributed by atoms with Gasteiger partial charge in [-0.3, -0.25) is 0 Å². The third kappa shape index (κ3) is 4.06. The quantitative estimate of drug-likeness (QED) is 0.635. The number of hydrogen-bond acceptors (Lipinski definition) is 2. The van der Waals surface area contributed by atoms with Crippen LogP contribution in [-0.4, -0.2) is 17.7 Å². The molecule has 0 heterocycles. The average Bonchev–Trinajstić information content (AvgIpc) is 2.94. The second-order valence-electron chi connectivity index (χ2n) is 5.56. The first-order valence-corrected chi connectivity index (χ1v) is 7.58. The van der Waals surface area contributed by atoms with Crippen LogP contribution in [0.15, 0.2) is 36.1 Å². The maximum atomic E-state index is 13.2. The molecule has 3 nitrogen and oxygen atoms in total. The molecule has 2 atom stereocenters. The third-order valence-electron chi connectivity index (χ3n) is 4.11. The van der Waals surface area contributed by atoms with Crippen molar-refractivity contribution in [3.63, 3.8) is 0 Å². The van der Waals surface area contributed by atoms with Crippen molar-refractivity contribution in [3.05, 3.63) is 47.2 Å². The number of ether oxygens (including phenoxy) is 1. The van der Waals surface area contributed by atoms with Crippen molar-refractivity contribution in [2.24, 2.45) is 5.92 Å². The number of hydrogen-bond donors (Lipinski definition) is 1. The topological polar surface area (TPSA) is 46.5 Å². The van der Waals surface area contributed by atoms with Gasteiger partial charge < -0.3 is 9.84 Å². The molecular weight excluding hydrogens is 309 g/mol. The largest absolute Gasteiger partial charge is 0.487 e. The Labute approximate surface area is 132 Å². The maximum Gasteiger partial charge on any atom is 0.416 e. The first kappa shape index (κ1) is 17.4. The van der Waals surface area contributed by atoms with E-state index in [1.165, 1.54) is 18.2 Å². The lowest BCUT2D eigenvalue weighted by molar-refractivity contribution is -0.139.